The third kappa shape index (κ3) is 1.71. The van der Waals surface area contributed by atoms with Gasteiger partial charge in [-0.25, -0.2) is 0 Å². The van der Waals surface area contributed by atoms with E-state index in [1.165, 1.54) is 6.26 Å². The van der Waals surface area contributed by atoms with Crippen molar-refractivity contribution >= 4 is 0 Å². The first-order chi connectivity index (χ1) is 6.90. The highest BCUT2D eigenvalue weighted by Crippen LogP contribution is 2.30. The van der Waals surface area contributed by atoms with Crippen LogP contribution in [0, 0.1) is 0 Å². The minimum absolute atomic E-state index is 0.662. The molecule has 1 heterocycles. The Kier molecular flexibility index (Phi) is 2.40. The monoisotopic (exact) mass is 190 g/mol. The van der Waals surface area contributed by atoms with E-state index in [-0.39, 0.29) is 0 Å². The second-order valence-electron chi connectivity index (χ2n) is 2.71. The summed E-state index contributed by atoms with van der Waals surface area (Å²) in [5.41, 5.74) is 0. The molecular formula is C11H10O3. The predicted octanol–water partition coefficient (Wildman–Crippen LogP) is 3.08. The van der Waals surface area contributed by atoms with E-state index in [9.17, 15) is 0 Å². The van der Waals surface area contributed by atoms with Crippen molar-refractivity contribution in [2.24, 2.45) is 0 Å². The summed E-state index contributed by atoms with van der Waals surface area (Å²) in [5.74, 6) is 2.04. The lowest BCUT2D eigenvalue weighted by atomic mass is 10.3. The van der Waals surface area contributed by atoms with Gasteiger partial charge in [-0.3, -0.25) is 0 Å². The largest absolute Gasteiger partial charge is 0.493 e. The van der Waals surface area contributed by atoms with E-state index in [1.807, 2.05) is 24.3 Å². The average Bonchev–Trinajstić information content (AvgIpc) is 2.71. The van der Waals surface area contributed by atoms with Gasteiger partial charge in [0.2, 0.25) is 0 Å². The third-order valence-corrected chi connectivity index (χ3v) is 1.79. The van der Waals surface area contributed by atoms with E-state index in [1.54, 1.807) is 19.4 Å². The maximum absolute atomic E-state index is 5.52. The van der Waals surface area contributed by atoms with Gasteiger partial charge in [-0.2, -0.15) is 0 Å². The molecule has 0 saturated heterocycles. The van der Waals surface area contributed by atoms with Crippen LogP contribution in [0.3, 0.4) is 0 Å². The molecule has 0 unspecified atom stereocenters. The zero-order chi connectivity index (χ0) is 9.80. The van der Waals surface area contributed by atoms with Gasteiger partial charge in [0.05, 0.1) is 13.4 Å². The Balaban J connectivity index is 2.24. The van der Waals surface area contributed by atoms with Gasteiger partial charge in [0.25, 0.3) is 0 Å². The van der Waals surface area contributed by atoms with Crippen LogP contribution >= 0.6 is 0 Å². The molecule has 0 N–H and O–H groups in total. The van der Waals surface area contributed by atoms with Gasteiger partial charge in [-0.15, -0.1) is 0 Å². The van der Waals surface area contributed by atoms with E-state index in [0.717, 1.165) is 0 Å². The van der Waals surface area contributed by atoms with Crippen molar-refractivity contribution in [1.29, 1.82) is 0 Å². The number of hydrogen-bond acceptors (Lipinski definition) is 3. The third-order valence-electron chi connectivity index (χ3n) is 1.79. The number of benzene rings is 1. The van der Waals surface area contributed by atoms with Crippen molar-refractivity contribution in [2.45, 2.75) is 0 Å². The predicted molar refractivity (Wildman–Crippen MR) is 51.8 cm³/mol. The smallest absolute Gasteiger partial charge is 0.169 e. The van der Waals surface area contributed by atoms with Gasteiger partial charge in [-0.1, -0.05) is 12.1 Å². The molecule has 0 saturated carbocycles. The van der Waals surface area contributed by atoms with Crippen molar-refractivity contribution in [3.8, 4) is 17.2 Å². The number of rotatable bonds is 3. The maximum Gasteiger partial charge on any atom is 0.169 e. The molecule has 0 bridgehead atoms. The first kappa shape index (κ1) is 8.69. The number of hydrogen-bond donors (Lipinski definition) is 0. The van der Waals surface area contributed by atoms with Crippen molar-refractivity contribution in [2.75, 3.05) is 7.11 Å². The van der Waals surface area contributed by atoms with Crippen molar-refractivity contribution < 1.29 is 13.9 Å². The molecule has 2 rings (SSSR count). The molecule has 0 atom stereocenters. The molecule has 3 heteroatoms. The fourth-order valence-corrected chi connectivity index (χ4v) is 1.14. The van der Waals surface area contributed by atoms with E-state index in [2.05, 4.69) is 0 Å². The molecule has 14 heavy (non-hydrogen) atoms. The molecule has 1 aromatic heterocycles. The van der Waals surface area contributed by atoms with Crippen molar-refractivity contribution in [3.05, 3.63) is 42.9 Å². The molecule has 72 valence electrons. The zero-order valence-electron chi connectivity index (χ0n) is 7.77. The second-order valence-corrected chi connectivity index (χ2v) is 2.71. The van der Waals surface area contributed by atoms with Crippen LogP contribution in [0.1, 0.15) is 0 Å². The Bertz CT molecular complexity index is 393. The lowest BCUT2D eigenvalue weighted by Crippen LogP contribution is -1.88. The van der Waals surface area contributed by atoms with Crippen LogP contribution in [0.25, 0.3) is 0 Å². The summed E-state index contributed by atoms with van der Waals surface area (Å²) in [4.78, 5) is 0. The molecule has 3 nitrogen and oxygen atoms in total. The summed E-state index contributed by atoms with van der Waals surface area (Å²) in [6.45, 7) is 0. The quantitative estimate of drug-likeness (QED) is 0.745. The van der Waals surface area contributed by atoms with Crippen molar-refractivity contribution in [3.63, 3.8) is 0 Å². The Labute approximate surface area is 81.9 Å². The molecule has 2 aromatic rings. The highest BCUT2D eigenvalue weighted by Gasteiger charge is 2.04. The number of methoxy groups -OCH3 is 1. The standard InChI is InChI=1S/C11H10O3/c1-12-10-4-2-3-5-11(10)14-9-6-7-13-8-9/h2-8H,1H3. The normalized spacial score (nSPS) is 9.79. The minimum Gasteiger partial charge on any atom is -0.493 e. The van der Waals surface area contributed by atoms with Gasteiger partial charge in [0.1, 0.15) is 6.26 Å². The van der Waals surface area contributed by atoms with Gasteiger partial charge < -0.3 is 13.9 Å². The highest BCUT2D eigenvalue weighted by atomic mass is 16.5. The fourth-order valence-electron chi connectivity index (χ4n) is 1.14. The average molecular weight is 190 g/mol. The Morgan fingerprint density at radius 1 is 1.07 bits per heavy atom. The number of furan rings is 1. The molecule has 1 aromatic carbocycles. The molecule has 0 spiro atoms. The SMILES string of the molecule is COc1ccccc1Oc1ccoc1. The summed E-state index contributed by atoms with van der Waals surface area (Å²) < 4.78 is 15.6. The second kappa shape index (κ2) is 3.87. The summed E-state index contributed by atoms with van der Waals surface area (Å²) in [6.07, 6.45) is 3.09. The van der Waals surface area contributed by atoms with Gasteiger partial charge in [0.15, 0.2) is 17.2 Å². The molecule has 0 aliphatic carbocycles. The van der Waals surface area contributed by atoms with Crippen molar-refractivity contribution in [1.82, 2.24) is 0 Å². The topological polar surface area (TPSA) is 31.6 Å². The molecule has 0 aliphatic rings. The molecular weight excluding hydrogens is 180 g/mol. The Morgan fingerprint density at radius 2 is 1.86 bits per heavy atom. The first-order valence-corrected chi connectivity index (χ1v) is 4.23. The maximum atomic E-state index is 5.52. The van der Waals surface area contributed by atoms with Crippen LogP contribution < -0.4 is 9.47 Å². The van der Waals surface area contributed by atoms with E-state index >= 15 is 0 Å². The summed E-state index contributed by atoms with van der Waals surface area (Å²) in [5, 5.41) is 0. The van der Waals surface area contributed by atoms with Crippen LogP contribution in [0.2, 0.25) is 0 Å². The Hall–Kier alpha value is -1.90. The summed E-state index contributed by atoms with van der Waals surface area (Å²) in [6, 6.07) is 9.20. The van der Waals surface area contributed by atoms with E-state index in [0.29, 0.717) is 17.2 Å². The first-order valence-electron chi connectivity index (χ1n) is 4.23. The van der Waals surface area contributed by atoms with E-state index < -0.39 is 0 Å². The number of para-hydroxylation sites is 2. The van der Waals surface area contributed by atoms with Crippen LogP contribution in [0.15, 0.2) is 47.3 Å². The highest BCUT2D eigenvalue weighted by molar-refractivity contribution is 5.41. The molecule has 0 amide bonds. The van der Waals surface area contributed by atoms with Crippen LogP contribution in [0.5, 0.6) is 17.2 Å². The van der Waals surface area contributed by atoms with Crippen LogP contribution in [-0.2, 0) is 0 Å². The lowest BCUT2D eigenvalue weighted by Gasteiger charge is -2.07. The molecule has 0 aliphatic heterocycles. The summed E-state index contributed by atoms with van der Waals surface area (Å²) >= 11 is 0. The van der Waals surface area contributed by atoms with Gasteiger partial charge in [0, 0.05) is 6.07 Å². The van der Waals surface area contributed by atoms with Gasteiger partial charge >= 0.3 is 0 Å². The minimum atomic E-state index is 0.662. The van der Waals surface area contributed by atoms with E-state index in [4.69, 9.17) is 13.9 Å². The van der Waals surface area contributed by atoms with Gasteiger partial charge in [-0.05, 0) is 12.1 Å². The zero-order valence-corrected chi connectivity index (χ0v) is 7.77. The van der Waals surface area contributed by atoms with Crippen LogP contribution in [0.4, 0.5) is 0 Å². The van der Waals surface area contributed by atoms with Crippen LogP contribution in [-0.4, -0.2) is 7.11 Å². The fraction of sp³-hybridized carbons (Fsp3) is 0.0909. The Morgan fingerprint density at radius 3 is 2.50 bits per heavy atom. The molecule has 0 fully saturated rings. The summed E-state index contributed by atoms with van der Waals surface area (Å²) in [7, 11) is 1.61. The lowest BCUT2D eigenvalue weighted by molar-refractivity contribution is 0.377. The number of ether oxygens (including phenoxy) is 2. The molecule has 0 radical (unpaired) electrons.